The van der Waals surface area contributed by atoms with E-state index >= 15 is 0 Å². The van der Waals surface area contributed by atoms with Crippen LogP contribution in [0, 0.1) is 6.92 Å². The van der Waals surface area contributed by atoms with Gasteiger partial charge in [-0.3, -0.25) is 0 Å². The maximum Gasteiger partial charge on any atom is 0.185 e. The Kier molecular flexibility index (Phi) is 3.85. The van der Waals surface area contributed by atoms with Gasteiger partial charge in [-0.15, -0.1) is 0 Å². The SMILES string of the molecule is CCc1cc(NC(=S)NN)ccc1C. The molecule has 0 aliphatic heterocycles. The predicted molar refractivity (Wildman–Crippen MR) is 64.1 cm³/mol. The summed E-state index contributed by atoms with van der Waals surface area (Å²) in [5.74, 6) is 5.17. The molecule has 0 unspecified atom stereocenters. The molecule has 0 saturated carbocycles. The number of aryl methyl sites for hydroxylation is 2. The smallest absolute Gasteiger partial charge is 0.185 e. The fourth-order valence-electron chi connectivity index (χ4n) is 1.30. The van der Waals surface area contributed by atoms with Crippen LogP contribution in [0.1, 0.15) is 18.1 Å². The molecule has 4 heteroatoms. The second-order valence-electron chi connectivity index (χ2n) is 3.09. The van der Waals surface area contributed by atoms with E-state index in [-0.39, 0.29) is 0 Å². The molecule has 0 atom stereocenters. The van der Waals surface area contributed by atoms with Crippen LogP contribution in [0.4, 0.5) is 5.69 Å². The molecule has 0 radical (unpaired) electrons. The molecular weight excluding hydrogens is 194 g/mol. The summed E-state index contributed by atoms with van der Waals surface area (Å²) in [5, 5.41) is 3.42. The van der Waals surface area contributed by atoms with E-state index in [0.29, 0.717) is 5.11 Å². The fourth-order valence-corrected chi connectivity index (χ4v) is 1.42. The van der Waals surface area contributed by atoms with Crippen LogP contribution >= 0.6 is 12.2 Å². The zero-order chi connectivity index (χ0) is 10.6. The van der Waals surface area contributed by atoms with Gasteiger partial charge in [-0.2, -0.15) is 0 Å². The lowest BCUT2D eigenvalue weighted by Crippen LogP contribution is -2.34. The van der Waals surface area contributed by atoms with Crippen molar-refractivity contribution in [1.29, 1.82) is 0 Å². The molecule has 0 spiro atoms. The van der Waals surface area contributed by atoms with Crippen LogP contribution in [0.25, 0.3) is 0 Å². The molecule has 76 valence electrons. The van der Waals surface area contributed by atoms with E-state index in [9.17, 15) is 0 Å². The Labute approximate surface area is 89.7 Å². The zero-order valence-corrected chi connectivity index (χ0v) is 9.24. The minimum atomic E-state index is 0.427. The molecule has 0 amide bonds. The Morgan fingerprint density at radius 2 is 2.21 bits per heavy atom. The fraction of sp³-hybridized carbons (Fsp3) is 0.300. The normalized spacial score (nSPS) is 9.64. The number of hydrogen-bond acceptors (Lipinski definition) is 2. The molecule has 4 N–H and O–H groups in total. The van der Waals surface area contributed by atoms with Crippen LogP contribution < -0.4 is 16.6 Å². The molecule has 0 heterocycles. The number of anilines is 1. The summed E-state index contributed by atoms with van der Waals surface area (Å²) in [6, 6.07) is 6.14. The lowest BCUT2D eigenvalue weighted by molar-refractivity contribution is 1.04. The first-order valence-electron chi connectivity index (χ1n) is 4.54. The predicted octanol–water partition coefficient (Wildman–Crippen LogP) is 1.72. The van der Waals surface area contributed by atoms with E-state index in [2.05, 4.69) is 36.7 Å². The molecule has 1 aromatic carbocycles. The van der Waals surface area contributed by atoms with Gasteiger partial charge >= 0.3 is 0 Å². The first-order chi connectivity index (χ1) is 6.67. The van der Waals surface area contributed by atoms with E-state index in [1.165, 1.54) is 11.1 Å². The highest BCUT2D eigenvalue weighted by atomic mass is 32.1. The summed E-state index contributed by atoms with van der Waals surface area (Å²) in [6.45, 7) is 4.23. The highest BCUT2D eigenvalue weighted by molar-refractivity contribution is 7.80. The van der Waals surface area contributed by atoms with E-state index in [1.807, 2.05) is 6.07 Å². The Balaban J connectivity index is 2.84. The van der Waals surface area contributed by atoms with Gasteiger partial charge in [0.25, 0.3) is 0 Å². The Bertz CT molecular complexity index is 336. The van der Waals surface area contributed by atoms with Crippen molar-refractivity contribution < 1.29 is 0 Å². The van der Waals surface area contributed by atoms with E-state index in [0.717, 1.165) is 12.1 Å². The number of hydrogen-bond donors (Lipinski definition) is 3. The summed E-state index contributed by atoms with van der Waals surface area (Å²) in [7, 11) is 0. The van der Waals surface area contributed by atoms with Crippen LogP contribution in [0.15, 0.2) is 18.2 Å². The number of hydrazine groups is 1. The zero-order valence-electron chi connectivity index (χ0n) is 8.42. The van der Waals surface area contributed by atoms with Crippen molar-refractivity contribution in [2.75, 3.05) is 5.32 Å². The Hall–Kier alpha value is -1.13. The third-order valence-electron chi connectivity index (χ3n) is 2.12. The van der Waals surface area contributed by atoms with Crippen LogP contribution in [0.3, 0.4) is 0 Å². The summed E-state index contributed by atoms with van der Waals surface area (Å²) < 4.78 is 0. The molecule has 1 rings (SSSR count). The van der Waals surface area contributed by atoms with Gasteiger partial charge < -0.3 is 10.7 Å². The second-order valence-corrected chi connectivity index (χ2v) is 3.50. The van der Waals surface area contributed by atoms with Gasteiger partial charge in [-0.1, -0.05) is 13.0 Å². The van der Waals surface area contributed by atoms with Crippen molar-refractivity contribution in [2.24, 2.45) is 5.84 Å². The highest BCUT2D eigenvalue weighted by Gasteiger charge is 1.99. The molecular formula is C10H15N3S. The van der Waals surface area contributed by atoms with E-state index in [4.69, 9.17) is 18.1 Å². The first kappa shape index (κ1) is 10.9. The molecule has 14 heavy (non-hydrogen) atoms. The standard InChI is InChI=1S/C10H15N3S/c1-3-8-6-9(5-4-7(8)2)12-10(14)13-11/h4-6H,3,11H2,1-2H3,(H2,12,13,14). The first-order valence-corrected chi connectivity index (χ1v) is 4.95. The maximum atomic E-state index is 5.17. The van der Waals surface area contributed by atoms with Gasteiger partial charge in [-0.25, -0.2) is 5.84 Å². The second kappa shape index (κ2) is 4.93. The third kappa shape index (κ3) is 2.68. The van der Waals surface area contributed by atoms with Crippen molar-refractivity contribution in [3.8, 4) is 0 Å². The molecule has 0 fully saturated rings. The average Bonchev–Trinajstić information content (AvgIpc) is 2.20. The summed E-state index contributed by atoms with van der Waals surface area (Å²) in [5.41, 5.74) is 5.96. The van der Waals surface area contributed by atoms with E-state index < -0.39 is 0 Å². The van der Waals surface area contributed by atoms with Crippen molar-refractivity contribution in [3.05, 3.63) is 29.3 Å². The summed E-state index contributed by atoms with van der Waals surface area (Å²) >= 11 is 4.90. The number of thiocarbonyl (C=S) groups is 1. The Morgan fingerprint density at radius 1 is 1.50 bits per heavy atom. The quantitative estimate of drug-likeness (QED) is 0.394. The molecule has 0 aromatic heterocycles. The van der Waals surface area contributed by atoms with Gasteiger partial charge in [0, 0.05) is 5.69 Å². The van der Waals surface area contributed by atoms with Gasteiger partial charge in [0.2, 0.25) is 0 Å². The van der Waals surface area contributed by atoms with Crippen LogP contribution in [-0.2, 0) is 6.42 Å². The summed E-state index contributed by atoms with van der Waals surface area (Å²) in [6.07, 6.45) is 1.02. The van der Waals surface area contributed by atoms with Crippen LogP contribution in [-0.4, -0.2) is 5.11 Å². The van der Waals surface area contributed by atoms with Crippen molar-refractivity contribution in [3.63, 3.8) is 0 Å². The molecule has 0 aliphatic rings. The number of benzene rings is 1. The number of nitrogens with two attached hydrogens (primary N) is 1. The van der Waals surface area contributed by atoms with Crippen molar-refractivity contribution >= 4 is 23.0 Å². The van der Waals surface area contributed by atoms with Gasteiger partial charge in [0.05, 0.1) is 0 Å². The van der Waals surface area contributed by atoms with Gasteiger partial charge in [0.1, 0.15) is 0 Å². The molecule has 3 nitrogen and oxygen atoms in total. The molecule has 0 saturated heterocycles. The van der Waals surface area contributed by atoms with E-state index in [1.54, 1.807) is 0 Å². The van der Waals surface area contributed by atoms with Gasteiger partial charge in [0.15, 0.2) is 5.11 Å². The maximum absolute atomic E-state index is 5.17. The number of nitrogens with one attached hydrogen (secondary N) is 2. The molecule has 1 aromatic rings. The number of rotatable bonds is 2. The third-order valence-corrected chi connectivity index (χ3v) is 2.34. The average molecular weight is 209 g/mol. The minimum Gasteiger partial charge on any atom is -0.332 e. The topological polar surface area (TPSA) is 50.1 Å². The summed E-state index contributed by atoms with van der Waals surface area (Å²) in [4.78, 5) is 0. The largest absolute Gasteiger partial charge is 0.332 e. The van der Waals surface area contributed by atoms with Crippen molar-refractivity contribution in [2.45, 2.75) is 20.3 Å². The minimum absolute atomic E-state index is 0.427. The Morgan fingerprint density at radius 3 is 2.79 bits per heavy atom. The van der Waals surface area contributed by atoms with Crippen LogP contribution in [0.2, 0.25) is 0 Å². The lowest BCUT2D eigenvalue weighted by Gasteiger charge is -2.09. The van der Waals surface area contributed by atoms with Crippen molar-refractivity contribution in [1.82, 2.24) is 5.43 Å². The highest BCUT2D eigenvalue weighted by Crippen LogP contribution is 2.15. The lowest BCUT2D eigenvalue weighted by atomic mass is 10.1. The monoisotopic (exact) mass is 209 g/mol. The molecule has 0 aliphatic carbocycles. The molecule has 0 bridgehead atoms. The van der Waals surface area contributed by atoms with Gasteiger partial charge in [-0.05, 0) is 48.8 Å². The van der Waals surface area contributed by atoms with Crippen LogP contribution in [0.5, 0.6) is 0 Å².